The first-order valence-electron chi connectivity index (χ1n) is 11.7. The van der Waals surface area contributed by atoms with Gasteiger partial charge in [-0.25, -0.2) is 4.68 Å². The van der Waals surface area contributed by atoms with E-state index < -0.39 is 0 Å². The van der Waals surface area contributed by atoms with Gasteiger partial charge in [-0.15, -0.1) is 11.3 Å². The van der Waals surface area contributed by atoms with Gasteiger partial charge >= 0.3 is 0 Å². The van der Waals surface area contributed by atoms with Crippen molar-refractivity contribution in [2.75, 3.05) is 27.9 Å². The lowest BCUT2D eigenvalue weighted by Crippen LogP contribution is -2.14. The zero-order valence-electron chi connectivity index (χ0n) is 21.6. The summed E-state index contributed by atoms with van der Waals surface area (Å²) in [5.74, 6) is 3.42. The minimum atomic E-state index is 0.128. The Morgan fingerprint density at radius 2 is 1.69 bits per heavy atom. The van der Waals surface area contributed by atoms with Crippen LogP contribution in [0.3, 0.4) is 0 Å². The van der Waals surface area contributed by atoms with Crippen molar-refractivity contribution in [1.82, 2.24) is 4.68 Å². The Kier molecular flexibility index (Phi) is 9.37. The van der Waals surface area contributed by atoms with Crippen LogP contribution in [0.1, 0.15) is 39.7 Å². The molecule has 7 nitrogen and oxygen atoms in total. The number of nitrogens with zero attached hydrogens (tertiary/aromatic N) is 3. The van der Waals surface area contributed by atoms with Gasteiger partial charge in [-0.05, 0) is 62.1 Å². The molecule has 0 atom stereocenters. The summed E-state index contributed by atoms with van der Waals surface area (Å²) in [5.41, 5.74) is 2.67. The maximum Gasteiger partial charge on any atom is 0.206 e. The van der Waals surface area contributed by atoms with E-state index in [-0.39, 0.29) is 6.04 Å². The molecule has 2 aromatic carbocycles. The van der Waals surface area contributed by atoms with Crippen LogP contribution in [0.2, 0.25) is 0 Å². The molecule has 0 saturated heterocycles. The van der Waals surface area contributed by atoms with Gasteiger partial charge in [0.05, 0.1) is 39.8 Å². The summed E-state index contributed by atoms with van der Waals surface area (Å²) >= 11 is 1.54. The molecule has 0 saturated carbocycles. The summed E-state index contributed by atoms with van der Waals surface area (Å²) in [7, 11) is 4.93. The van der Waals surface area contributed by atoms with E-state index in [4.69, 9.17) is 29.0 Å². The van der Waals surface area contributed by atoms with Crippen molar-refractivity contribution in [2.24, 2.45) is 16.0 Å². The molecule has 3 aromatic rings. The Bertz CT molecular complexity index is 1210. The molecule has 0 amide bonds. The lowest BCUT2D eigenvalue weighted by Gasteiger charge is -2.12. The van der Waals surface area contributed by atoms with E-state index >= 15 is 0 Å². The summed E-state index contributed by atoms with van der Waals surface area (Å²) < 4.78 is 24.3. The molecule has 0 aliphatic rings. The number of methoxy groups -OCH3 is 3. The molecule has 8 heteroatoms. The molecule has 0 unspecified atom stereocenters. The monoisotopic (exact) mass is 497 g/mol. The highest BCUT2D eigenvalue weighted by Crippen LogP contribution is 2.34. The number of thiazole rings is 1. The summed E-state index contributed by atoms with van der Waals surface area (Å²) in [6.07, 6.45) is 2.78. The SMILES string of the molecule is COc1ccc(-c2csc(=NC(C)C)n2N=Cc2ccc(OCCC(C)C)c(OC)c2)c(OC)c1. The van der Waals surface area contributed by atoms with E-state index in [9.17, 15) is 0 Å². The van der Waals surface area contributed by atoms with Crippen molar-refractivity contribution in [3.63, 3.8) is 0 Å². The first-order valence-corrected chi connectivity index (χ1v) is 12.6. The lowest BCUT2D eigenvalue weighted by atomic mass is 10.1. The van der Waals surface area contributed by atoms with Crippen LogP contribution in [0.5, 0.6) is 23.0 Å². The largest absolute Gasteiger partial charge is 0.497 e. The van der Waals surface area contributed by atoms with Crippen molar-refractivity contribution in [2.45, 2.75) is 40.2 Å². The second-order valence-corrected chi connectivity index (χ2v) is 9.53. The van der Waals surface area contributed by atoms with Gasteiger partial charge in [0.15, 0.2) is 11.5 Å². The van der Waals surface area contributed by atoms with Crippen molar-refractivity contribution in [3.05, 3.63) is 52.1 Å². The average molecular weight is 498 g/mol. The Balaban J connectivity index is 1.99. The predicted octanol–water partition coefficient (Wildman–Crippen LogP) is 5.86. The molecule has 0 aliphatic carbocycles. The van der Waals surface area contributed by atoms with E-state index in [1.54, 1.807) is 27.5 Å². The van der Waals surface area contributed by atoms with E-state index in [1.807, 2.05) is 60.3 Å². The normalized spacial score (nSPS) is 12.1. The van der Waals surface area contributed by atoms with Crippen LogP contribution in [0, 0.1) is 5.92 Å². The van der Waals surface area contributed by atoms with Crippen molar-refractivity contribution < 1.29 is 18.9 Å². The number of aromatic nitrogens is 1. The molecule has 3 rings (SSSR count). The molecule has 1 heterocycles. The number of benzene rings is 2. The average Bonchev–Trinajstić information content (AvgIpc) is 3.23. The molecule has 0 bridgehead atoms. The maximum absolute atomic E-state index is 5.92. The molecular weight excluding hydrogens is 462 g/mol. The van der Waals surface area contributed by atoms with E-state index in [0.29, 0.717) is 24.0 Å². The third-order valence-corrected chi connectivity index (χ3v) is 6.03. The maximum atomic E-state index is 5.92. The fourth-order valence-electron chi connectivity index (χ4n) is 3.33. The molecule has 188 valence electrons. The van der Waals surface area contributed by atoms with Crippen LogP contribution >= 0.6 is 11.3 Å². The highest BCUT2D eigenvalue weighted by Gasteiger charge is 2.14. The van der Waals surface area contributed by atoms with Gasteiger partial charge in [0.2, 0.25) is 4.80 Å². The molecule has 0 spiro atoms. The van der Waals surface area contributed by atoms with Crippen LogP contribution in [0.15, 0.2) is 51.9 Å². The zero-order valence-corrected chi connectivity index (χ0v) is 22.4. The van der Waals surface area contributed by atoms with Gasteiger partial charge in [0.1, 0.15) is 11.5 Å². The predicted molar refractivity (Wildman–Crippen MR) is 142 cm³/mol. The number of hydrogen-bond donors (Lipinski definition) is 0. The third kappa shape index (κ3) is 6.88. The Hall–Kier alpha value is -3.26. The lowest BCUT2D eigenvalue weighted by molar-refractivity contribution is 0.273. The first kappa shape index (κ1) is 26.3. The number of hydrogen-bond acceptors (Lipinski definition) is 7. The quantitative estimate of drug-likeness (QED) is 0.311. The molecule has 0 radical (unpaired) electrons. The summed E-state index contributed by atoms with van der Waals surface area (Å²) in [6.45, 7) is 9.10. The van der Waals surface area contributed by atoms with E-state index in [2.05, 4.69) is 13.8 Å². The van der Waals surface area contributed by atoms with Gasteiger partial charge < -0.3 is 18.9 Å². The molecule has 0 aliphatic heterocycles. The minimum Gasteiger partial charge on any atom is -0.497 e. The second-order valence-electron chi connectivity index (χ2n) is 8.69. The third-order valence-electron chi connectivity index (χ3n) is 5.20. The topological polar surface area (TPSA) is 66.6 Å². The van der Waals surface area contributed by atoms with Gasteiger partial charge in [-0.2, -0.15) is 5.10 Å². The van der Waals surface area contributed by atoms with Crippen molar-refractivity contribution in [3.8, 4) is 34.3 Å². The Morgan fingerprint density at radius 1 is 0.914 bits per heavy atom. The first-order chi connectivity index (χ1) is 16.9. The molecule has 0 N–H and O–H groups in total. The Morgan fingerprint density at radius 3 is 2.34 bits per heavy atom. The van der Waals surface area contributed by atoms with Gasteiger partial charge in [-0.1, -0.05) is 13.8 Å². The van der Waals surface area contributed by atoms with Gasteiger partial charge in [0, 0.05) is 23.1 Å². The molecule has 0 fully saturated rings. The minimum absolute atomic E-state index is 0.128. The number of ether oxygens (including phenoxy) is 4. The highest BCUT2D eigenvalue weighted by molar-refractivity contribution is 7.07. The standard InChI is InChI=1S/C27H35N3O4S/c1-18(2)12-13-34-24-11-8-20(14-26(24)33-7)16-28-30-23(17-35-27(30)29-19(3)4)22-10-9-21(31-5)15-25(22)32-6/h8-11,14-19H,12-13H2,1-7H3. The summed E-state index contributed by atoms with van der Waals surface area (Å²) in [4.78, 5) is 5.56. The van der Waals surface area contributed by atoms with Crippen LogP contribution in [-0.2, 0) is 0 Å². The smallest absolute Gasteiger partial charge is 0.206 e. The molecular formula is C27H35N3O4S. The second kappa shape index (κ2) is 12.4. The van der Waals surface area contributed by atoms with Crippen molar-refractivity contribution >= 4 is 17.6 Å². The molecule has 1 aromatic heterocycles. The number of rotatable bonds is 11. The molecule has 35 heavy (non-hydrogen) atoms. The van der Waals surface area contributed by atoms with Gasteiger partial charge in [0.25, 0.3) is 0 Å². The fourth-order valence-corrected chi connectivity index (χ4v) is 4.29. The summed E-state index contributed by atoms with van der Waals surface area (Å²) in [5, 5.41) is 6.84. The van der Waals surface area contributed by atoms with Crippen LogP contribution in [0.25, 0.3) is 11.3 Å². The highest BCUT2D eigenvalue weighted by atomic mass is 32.1. The fraction of sp³-hybridized carbons (Fsp3) is 0.407. The van der Waals surface area contributed by atoms with E-state index in [0.717, 1.165) is 39.5 Å². The van der Waals surface area contributed by atoms with Crippen molar-refractivity contribution in [1.29, 1.82) is 0 Å². The van der Waals surface area contributed by atoms with E-state index in [1.165, 1.54) is 11.3 Å². The van der Waals surface area contributed by atoms with Crippen LogP contribution < -0.4 is 23.7 Å². The zero-order chi connectivity index (χ0) is 25.4. The van der Waals surface area contributed by atoms with Crippen LogP contribution in [0.4, 0.5) is 0 Å². The summed E-state index contributed by atoms with van der Waals surface area (Å²) in [6, 6.07) is 11.7. The van der Waals surface area contributed by atoms with Crippen LogP contribution in [-0.4, -0.2) is 44.9 Å². The van der Waals surface area contributed by atoms with Gasteiger partial charge in [-0.3, -0.25) is 4.99 Å². The Labute approximate surface area is 211 Å².